The van der Waals surface area contributed by atoms with Gasteiger partial charge in [-0.3, -0.25) is 14.4 Å². The molecule has 0 aromatic heterocycles. The van der Waals surface area contributed by atoms with Crippen LogP contribution in [-0.2, 0) is 28.6 Å². The van der Waals surface area contributed by atoms with Gasteiger partial charge in [-0.25, -0.2) is 0 Å². The molecule has 0 fully saturated rings. The Labute approximate surface area is 424 Å². The van der Waals surface area contributed by atoms with Gasteiger partial charge in [0.15, 0.2) is 6.10 Å². The van der Waals surface area contributed by atoms with E-state index in [1.54, 1.807) is 0 Å². The van der Waals surface area contributed by atoms with Crippen LogP contribution in [0.1, 0.15) is 226 Å². The number of carbonyl (C=O) groups is 3. The smallest absolute Gasteiger partial charge is 0.306 e. The third-order valence-electron chi connectivity index (χ3n) is 11.2. The summed E-state index contributed by atoms with van der Waals surface area (Å²) in [5.41, 5.74) is 0. The Hall–Kier alpha value is -4.45. The van der Waals surface area contributed by atoms with E-state index in [4.69, 9.17) is 14.2 Å². The molecule has 0 amide bonds. The van der Waals surface area contributed by atoms with E-state index >= 15 is 0 Å². The second-order valence-electron chi connectivity index (χ2n) is 17.7. The van der Waals surface area contributed by atoms with Crippen molar-refractivity contribution in [2.24, 2.45) is 0 Å². The van der Waals surface area contributed by atoms with Crippen LogP contribution in [0, 0.1) is 0 Å². The third-order valence-corrected chi connectivity index (χ3v) is 11.2. The van der Waals surface area contributed by atoms with Crippen LogP contribution in [0.4, 0.5) is 0 Å². The molecule has 0 saturated heterocycles. The van der Waals surface area contributed by atoms with E-state index in [2.05, 4.69) is 154 Å². The molecule has 1 unspecified atom stereocenters. The molecule has 0 bridgehead atoms. The van der Waals surface area contributed by atoms with Crippen LogP contribution in [0.3, 0.4) is 0 Å². The number of esters is 3. The van der Waals surface area contributed by atoms with Crippen molar-refractivity contribution >= 4 is 17.9 Å². The van der Waals surface area contributed by atoms with Crippen molar-refractivity contribution in [3.05, 3.63) is 134 Å². The molecule has 6 heteroatoms. The molecule has 0 rings (SSSR count). The lowest BCUT2D eigenvalue weighted by molar-refractivity contribution is -0.167. The highest BCUT2D eigenvalue weighted by molar-refractivity contribution is 5.71. The number of rotatable bonds is 48. The van der Waals surface area contributed by atoms with E-state index in [1.165, 1.54) is 38.5 Å². The molecule has 0 aromatic carbocycles. The van der Waals surface area contributed by atoms with Crippen LogP contribution in [0.15, 0.2) is 134 Å². The standard InChI is InChI=1S/C63H100O6/c1-4-7-10-13-16-19-21-23-24-25-26-27-28-29-30-31-32-33-34-35-36-37-38-40-41-44-47-50-53-56-62(65)68-59-60(58-67-61(64)55-52-49-46-43-18-15-12-9-6-3)69-63(66)57-54-51-48-45-42-39-22-20-17-14-11-8-5-2/h7-8,10-11,16-17,19-20,23-24,26-27,29-30,32-33,35-36,38-40,42,60H,4-6,9,12-15,18,21-22,25,28,31,34,37,41,43-59H2,1-3H3/b10-7-,11-8-,19-16-,20-17-,24-23-,27-26-,30-29-,33-32-,36-35-,40-38-,42-39-. The maximum Gasteiger partial charge on any atom is 0.306 e. The zero-order chi connectivity index (χ0) is 50.0. The van der Waals surface area contributed by atoms with Crippen LogP contribution >= 0.6 is 0 Å². The van der Waals surface area contributed by atoms with Gasteiger partial charge in [-0.2, -0.15) is 0 Å². The summed E-state index contributed by atoms with van der Waals surface area (Å²) in [5.74, 6) is -0.968. The van der Waals surface area contributed by atoms with E-state index in [1.807, 2.05) is 0 Å². The van der Waals surface area contributed by atoms with Crippen LogP contribution in [0.5, 0.6) is 0 Å². The minimum Gasteiger partial charge on any atom is -0.462 e. The maximum atomic E-state index is 12.8. The summed E-state index contributed by atoms with van der Waals surface area (Å²) < 4.78 is 16.7. The lowest BCUT2D eigenvalue weighted by atomic mass is 10.1. The molecule has 0 aromatic rings. The fourth-order valence-corrected chi connectivity index (χ4v) is 7.06. The molecule has 0 N–H and O–H groups in total. The molecule has 1 atom stereocenters. The first-order chi connectivity index (χ1) is 34.0. The van der Waals surface area contributed by atoms with Crippen molar-refractivity contribution in [2.45, 2.75) is 232 Å². The predicted molar refractivity (Wildman–Crippen MR) is 297 cm³/mol. The monoisotopic (exact) mass is 953 g/mol. The first kappa shape index (κ1) is 64.5. The number of ether oxygens (including phenoxy) is 3. The molecule has 69 heavy (non-hydrogen) atoms. The zero-order valence-electron chi connectivity index (χ0n) is 44.3. The zero-order valence-corrected chi connectivity index (χ0v) is 44.3. The number of carbonyl (C=O) groups excluding carboxylic acids is 3. The van der Waals surface area contributed by atoms with Gasteiger partial charge in [-0.05, 0) is 116 Å². The quantitative estimate of drug-likeness (QED) is 0.0262. The van der Waals surface area contributed by atoms with Gasteiger partial charge < -0.3 is 14.2 Å². The number of unbranched alkanes of at least 4 members (excludes halogenated alkanes) is 15. The van der Waals surface area contributed by atoms with E-state index in [-0.39, 0.29) is 37.5 Å². The Morgan fingerprint density at radius 1 is 0.304 bits per heavy atom. The third kappa shape index (κ3) is 54.4. The minimum absolute atomic E-state index is 0.101. The summed E-state index contributed by atoms with van der Waals surface area (Å²) in [4.78, 5) is 37.9. The van der Waals surface area contributed by atoms with Gasteiger partial charge in [0.2, 0.25) is 0 Å². The van der Waals surface area contributed by atoms with Crippen LogP contribution < -0.4 is 0 Å². The molecule has 0 radical (unpaired) electrons. The SMILES string of the molecule is CC/C=C\C/C=C\C/C=C\C/C=C\C/C=C\C/C=C\C/C=C\C/C=C\CCCCCCC(=O)OCC(COC(=O)CCCCCCCCCCC)OC(=O)CCCCC/C=C\C/C=C\C/C=C\CC. The molecule has 0 aliphatic rings. The minimum atomic E-state index is -0.805. The topological polar surface area (TPSA) is 78.9 Å². The van der Waals surface area contributed by atoms with Gasteiger partial charge in [0.05, 0.1) is 0 Å². The fourth-order valence-electron chi connectivity index (χ4n) is 7.06. The van der Waals surface area contributed by atoms with E-state index in [0.29, 0.717) is 12.8 Å². The molecular weight excluding hydrogens is 853 g/mol. The fraction of sp³-hybridized carbons (Fsp3) is 0.603. The highest BCUT2D eigenvalue weighted by Gasteiger charge is 2.19. The second kappa shape index (κ2) is 56.1. The van der Waals surface area contributed by atoms with Gasteiger partial charge in [-0.15, -0.1) is 0 Å². The summed E-state index contributed by atoms with van der Waals surface area (Å²) in [7, 11) is 0. The molecule has 0 heterocycles. The Morgan fingerprint density at radius 3 is 0.899 bits per heavy atom. The van der Waals surface area contributed by atoms with Crippen LogP contribution in [0.25, 0.3) is 0 Å². The lowest BCUT2D eigenvalue weighted by Gasteiger charge is -2.18. The first-order valence-corrected chi connectivity index (χ1v) is 27.7. The Bertz CT molecular complexity index is 1510. The van der Waals surface area contributed by atoms with Crippen molar-refractivity contribution in [3.63, 3.8) is 0 Å². The lowest BCUT2D eigenvalue weighted by Crippen LogP contribution is -2.30. The summed E-state index contributed by atoms with van der Waals surface area (Å²) in [5, 5.41) is 0. The summed E-state index contributed by atoms with van der Waals surface area (Å²) in [6.45, 7) is 6.32. The van der Waals surface area contributed by atoms with Gasteiger partial charge in [-0.1, -0.05) is 225 Å². The van der Waals surface area contributed by atoms with E-state index < -0.39 is 6.10 Å². The number of allylic oxidation sites excluding steroid dienone is 22. The Balaban J connectivity index is 4.32. The summed E-state index contributed by atoms with van der Waals surface area (Å²) in [6.07, 6.45) is 78.8. The van der Waals surface area contributed by atoms with Crippen molar-refractivity contribution in [1.82, 2.24) is 0 Å². The average Bonchev–Trinajstić information content (AvgIpc) is 3.35. The van der Waals surface area contributed by atoms with Gasteiger partial charge in [0.1, 0.15) is 13.2 Å². The van der Waals surface area contributed by atoms with Crippen molar-refractivity contribution in [3.8, 4) is 0 Å². The van der Waals surface area contributed by atoms with Crippen molar-refractivity contribution < 1.29 is 28.6 Å². The summed E-state index contributed by atoms with van der Waals surface area (Å²) >= 11 is 0. The largest absolute Gasteiger partial charge is 0.462 e. The van der Waals surface area contributed by atoms with Crippen LogP contribution in [-0.4, -0.2) is 37.2 Å². The molecule has 388 valence electrons. The predicted octanol–water partition coefficient (Wildman–Crippen LogP) is 18.6. The summed E-state index contributed by atoms with van der Waals surface area (Å²) in [6, 6.07) is 0. The molecule has 0 aliphatic carbocycles. The van der Waals surface area contributed by atoms with Crippen molar-refractivity contribution in [2.75, 3.05) is 13.2 Å². The average molecular weight is 953 g/mol. The Kier molecular flexibility index (Phi) is 52.5. The van der Waals surface area contributed by atoms with E-state index in [9.17, 15) is 14.4 Å². The first-order valence-electron chi connectivity index (χ1n) is 27.7. The molecule has 6 nitrogen and oxygen atoms in total. The molecule has 0 aliphatic heterocycles. The van der Waals surface area contributed by atoms with E-state index in [0.717, 1.165) is 148 Å². The van der Waals surface area contributed by atoms with Crippen LogP contribution in [0.2, 0.25) is 0 Å². The van der Waals surface area contributed by atoms with Gasteiger partial charge in [0.25, 0.3) is 0 Å². The van der Waals surface area contributed by atoms with Gasteiger partial charge >= 0.3 is 17.9 Å². The molecule has 0 saturated carbocycles. The van der Waals surface area contributed by atoms with Gasteiger partial charge in [0, 0.05) is 19.3 Å². The normalized spacial score (nSPS) is 13.1. The number of hydrogen-bond donors (Lipinski definition) is 0. The number of hydrogen-bond acceptors (Lipinski definition) is 6. The maximum absolute atomic E-state index is 12.8. The Morgan fingerprint density at radius 2 is 0.565 bits per heavy atom. The molecule has 0 spiro atoms. The highest BCUT2D eigenvalue weighted by Crippen LogP contribution is 2.13. The second-order valence-corrected chi connectivity index (χ2v) is 17.7. The van der Waals surface area contributed by atoms with Crippen molar-refractivity contribution in [1.29, 1.82) is 0 Å². The highest BCUT2D eigenvalue weighted by atomic mass is 16.6. The molecular formula is C63H100O6.